The summed E-state index contributed by atoms with van der Waals surface area (Å²) in [6, 6.07) is 7.30. The second-order valence-corrected chi connectivity index (χ2v) is 4.12. The molecular weight excluding hydrogens is 280 g/mol. The van der Waals surface area contributed by atoms with Crippen molar-refractivity contribution in [2.45, 2.75) is 13.0 Å². The lowest BCUT2D eigenvalue weighted by atomic mass is 10.1. The SMILES string of the molecule is COCCOCCCNC(=O)c1ccc(CN)cc1.Cl. The number of hydrogen-bond donors (Lipinski definition) is 2. The van der Waals surface area contributed by atoms with Crippen molar-refractivity contribution in [3.8, 4) is 0 Å². The lowest BCUT2D eigenvalue weighted by Crippen LogP contribution is -2.25. The summed E-state index contributed by atoms with van der Waals surface area (Å²) in [6.45, 7) is 2.89. The first kappa shape index (κ1) is 18.9. The van der Waals surface area contributed by atoms with Crippen molar-refractivity contribution >= 4 is 18.3 Å². The van der Waals surface area contributed by atoms with Gasteiger partial charge in [0.25, 0.3) is 5.91 Å². The zero-order valence-corrected chi connectivity index (χ0v) is 12.6. The molecule has 0 spiro atoms. The van der Waals surface area contributed by atoms with Crippen LogP contribution in [0.3, 0.4) is 0 Å². The molecule has 5 nitrogen and oxygen atoms in total. The highest BCUT2D eigenvalue weighted by Gasteiger charge is 2.03. The quantitative estimate of drug-likeness (QED) is 0.675. The first-order valence-electron chi connectivity index (χ1n) is 6.42. The van der Waals surface area contributed by atoms with E-state index >= 15 is 0 Å². The minimum Gasteiger partial charge on any atom is -0.382 e. The molecule has 3 N–H and O–H groups in total. The zero-order chi connectivity index (χ0) is 13.9. The van der Waals surface area contributed by atoms with Crippen LogP contribution in [-0.4, -0.2) is 39.4 Å². The third-order valence-corrected chi connectivity index (χ3v) is 2.63. The van der Waals surface area contributed by atoms with E-state index in [1.807, 2.05) is 12.1 Å². The van der Waals surface area contributed by atoms with Gasteiger partial charge in [-0.05, 0) is 24.1 Å². The second-order valence-electron chi connectivity index (χ2n) is 4.12. The van der Waals surface area contributed by atoms with E-state index in [-0.39, 0.29) is 18.3 Å². The maximum atomic E-state index is 11.8. The largest absolute Gasteiger partial charge is 0.382 e. The molecule has 0 saturated heterocycles. The van der Waals surface area contributed by atoms with Crippen molar-refractivity contribution in [3.05, 3.63) is 35.4 Å². The van der Waals surface area contributed by atoms with Gasteiger partial charge in [0.2, 0.25) is 0 Å². The maximum absolute atomic E-state index is 11.8. The molecule has 0 aliphatic rings. The molecule has 1 rings (SSSR count). The summed E-state index contributed by atoms with van der Waals surface area (Å²) in [5, 5.41) is 2.85. The fraction of sp³-hybridized carbons (Fsp3) is 0.500. The smallest absolute Gasteiger partial charge is 0.251 e. The number of halogens is 1. The molecule has 0 heterocycles. The number of methoxy groups -OCH3 is 1. The van der Waals surface area contributed by atoms with Crippen molar-refractivity contribution in [2.24, 2.45) is 5.73 Å². The predicted molar refractivity (Wildman–Crippen MR) is 81.2 cm³/mol. The van der Waals surface area contributed by atoms with Crippen LogP contribution >= 0.6 is 12.4 Å². The Kier molecular flexibility index (Phi) is 11.0. The van der Waals surface area contributed by atoms with E-state index in [1.165, 1.54) is 0 Å². The molecule has 0 atom stereocenters. The topological polar surface area (TPSA) is 73.6 Å². The average Bonchev–Trinajstić information content (AvgIpc) is 2.46. The number of nitrogens with one attached hydrogen (secondary N) is 1. The molecular formula is C14H23ClN2O3. The summed E-state index contributed by atoms with van der Waals surface area (Å²) in [5.74, 6) is -0.0690. The first-order chi connectivity index (χ1) is 9.27. The van der Waals surface area contributed by atoms with Gasteiger partial charge in [-0.15, -0.1) is 12.4 Å². The number of rotatable bonds is 9. The van der Waals surface area contributed by atoms with Crippen LogP contribution in [0.1, 0.15) is 22.3 Å². The average molecular weight is 303 g/mol. The van der Waals surface area contributed by atoms with Gasteiger partial charge >= 0.3 is 0 Å². The fourth-order valence-electron chi connectivity index (χ4n) is 1.51. The van der Waals surface area contributed by atoms with Gasteiger partial charge in [0.15, 0.2) is 0 Å². The van der Waals surface area contributed by atoms with Crippen LogP contribution in [0.2, 0.25) is 0 Å². The van der Waals surface area contributed by atoms with E-state index in [9.17, 15) is 4.79 Å². The van der Waals surface area contributed by atoms with Gasteiger partial charge in [-0.25, -0.2) is 0 Å². The number of benzene rings is 1. The Hall–Kier alpha value is -1.14. The minimum atomic E-state index is -0.0690. The summed E-state index contributed by atoms with van der Waals surface area (Å²) >= 11 is 0. The summed E-state index contributed by atoms with van der Waals surface area (Å²) in [7, 11) is 1.64. The summed E-state index contributed by atoms with van der Waals surface area (Å²) < 4.78 is 10.2. The van der Waals surface area contributed by atoms with Gasteiger partial charge in [0, 0.05) is 32.4 Å². The molecule has 0 aliphatic carbocycles. The van der Waals surface area contributed by atoms with Crippen molar-refractivity contribution < 1.29 is 14.3 Å². The van der Waals surface area contributed by atoms with Crippen LogP contribution in [-0.2, 0) is 16.0 Å². The van der Waals surface area contributed by atoms with Crippen LogP contribution in [0, 0.1) is 0 Å². The third kappa shape index (κ3) is 7.45. The highest BCUT2D eigenvalue weighted by molar-refractivity contribution is 5.94. The molecule has 0 bridgehead atoms. The summed E-state index contributed by atoms with van der Waals surface area (Å²) in [5.41, 5.74) is 7.17. The lowest BCUT2D eigenvalue weighted by Gasteiger charge is -2.06. The first-order valence-corrected chi connectivity index (χ1v) is 6.42. The molecule has 0 unspecified atom stereocenters. The Bertz CT molecular complexity index is 371. The molecule has 6 heteroatoms. The number of nitrogens with two attached hydrogens (primary N) is 1. The molecule has 1 amide bonds. The number of carbonyl (C=O) groups is 1. The second kappa shape index (κ2) is 11.7. The van der Waals surface area contributed by atoms with E-state index in [2.05, 4.69) is 5.32 Å². The standard InChI is InChI=1S/C14H22N2O3.ClH/c1-18-9-10-19-8-2-7-16-14(17)13-5-3-12(11-15)4-6-13;/h3-6H,2,7-11,15H2,1H3,(H,16,17);1H. The summed E-state index contributed by atoms with van der Waals surface area (Å²) in [4.78, 5) is 11.8. The van der Waals surface area contributed by atoms with Gasteiger partial charge in [-0.1, -0.05) is 12.1 Å². The number of hydrogen-bond acceptors (Lipinski definition) is 4. The van der Waals surface area contributed by atoms with Crippen molar-refractivity contribution in [1.82, 2.24) is 5.32 Å². The van der Waals surface area contributed by atoms with E-state index < -0.39 is 0 Å². The molecule has 1 aromatic carbocycles. The van der Waals surface area contributed by atoms with E-state index in [0.717, 1.165) is 12.0 Å². The number of ether oxygens (including phenoxy) is 2. The Labute approximate surface area is 126 Å². The number of amides is 1. The Morgan fingerprint density at radius 3 is 2.50 bits per heavy atom. The monoisotopic (exact) mass is 302 g/mol. The van der Waals surface area contributed by atoms with Gasteiger partial charge < -0.3 is 20.5 Å². The molecule has 0 radical (unpaired) electrons. The van der Waals surface area contributed by atoms with Crippen LogP contribution in [0.25, 0.3) is 0 Å². The highest BCUT2D eigenvalue weighted by atomic mass is 35.5. The van der Waals surface area contributed by atoms with Crippen LogP contribution < -0.4 is 11.1 Å². The summed E-state index contributed by atoms with van der Waals surface area (Å²) in [6.07, 6.45) is 0.788. The molecule has 0 aromatic heterocycles. The van der Waals surface area contributed by atoms with Gasteiger partial charge in [0.1, 0.15) is 0 Å². The molecule has 0 saturated carbocycles. The van der Waals surface area contributed by atoms with Crippen molar-refractivity contribution in [2.75, 3.05) is 33.5 Å². The normalized spacial score (nSPS) is 9.90. The zero-order valence-electron chi connectivity index (χ0n) is 11.8. The molecule has 0 aliphatic heterocycles. The van der Waals surface area contributed by atoms with Gasteiger partial charge in [-0.2, -0.15) is 0 Å². The molecule has 0 fully saturated rings. The van der Waals surface area contributed by atoms with Gasteiger partial charge in [-0.3, -0.25) is 4.79 Å². The van der Waals surface area contributed by atoms with Crippen molar-refractivity contribution in [3.63, 3.8) is 0 Å². The van der Waals surface area contributed by atoms with Crippen LogP contribution in [0.4, 0.5) is 0 Å². The Morgan fingerprint density at radius 2 is 1.90 bits per heavy atom. The number of carbonyl (C=O) groups excluding carboxylic acids is 1. The van der Waals surface area contributed by atoms with Crippen LogP contribution in [0.5, 0.6) is 0 Å². The third-order valence-electron chi connectivity index (χ3n) is 2.63. The van der Waals surface area contributed by atoms with Gasteiger partial charge in [0.05, 0.1) is 13.2 Å². The highest BCUT2D eigenvalue weighted by Crippen LogP contribution is 2.03. The molecule has 1 aromatic rings. The maximum Gasteiger partial charge on any atom is 0.251 e. The fourth-order valence-corrected chi connectivity index (χ4v) is 1.51. The van der Waals surface area contributed by atoms with E-state index in [0.29, 0.717) is 38.5 Å². The lowest BCUT2D eigenvalue weighted by molar-refractivity contribution is 0.0688. The minimum absolute atomic E-state index is 0. The molecule has 20 heavy (non-hydrogen) atoms. The van der Waals surface area contributed by atoms with E-state index in [1.54, 1.807) is 19.2 Å². The van der Waals surface area contributed by atoms with Crippen molar-refractivity contribution in [1.29, 1.82) is 0 Å². The molecule has 114 valence electrons. The Balaban J connectivity index is 0.00000361. The van der Waals surface area contributed by atoms with E-state index in [4.69, 9.17) is 15.2 Å². The van der Waals surface area contributed by atoms with Crippen LogP contribution in [0.15, 0.2) is 24.3 Å². The predicted octanol–water partition coefficient (Wildman–Crippen LogP) is 1.35. The Morgan fingerprint density at radius 1 is 1.20 bits per heavy atom.